The number of aliphatic hydroxyl groups is 1. The summed E-state index contributed by atoms with van der Waals surface area (Å²) < 4.78 is 2.03. The molecule has 0 bridgehead atoms. The van der Waals surface area contributed by atoms with Gasteiger partial charge in [-0.25, -0.2) is 4.98 Å². The number of aryl methyl sites for hydroxylation is 1. The first kappa shape index (κ1) is 23.4. The van der Waals surface area contributed by atoms with Crippen LogP contribution in [0.3, 0.4) is 0 Å². The minimum Gasteiger partial charge on any atom is -1.00 e. The van der Waals surface area contributed by atoms with Crippen LogP contribution in [0.2, 0.25) is 5.15 Å². The van der Waals surface area contributed by atoms with Gasteiger partial charge >= 0.3 is 23.1 Å². The number of benzene rings is 2. The molecule has 0 radical (unpaired) electrons. The molecule has 2 N–H and O–H groups in total. The van der Waals surface area contributed by atoms with E-state index in [0.29, 0.717) is 23.2 Å². The van der Waals surface area contributed by atoms with Crippen molar-refractivity contribution in [2.75, 3.05) is 0 Å². The molecule has 7 nitrogen and oxygen atoms in total. The number of aromatic amines is 1. The molecule has 9 heteroatoms. The fraction of sp³-hybridized carbons (Fsp3) is 0.273. The topological polar surface area (TPSA) is 92.5 Å². The summed E-state index contributed by atoms with van der Waals surface area (Å²) in [5, 5.41) is 24.5. The molecule has 0 atom stereocenters. The van der Waals surface area contributed by atoms with Crippen molar-refractivity contribution in [1.82, 2.24) is 30.2 Å². The van der Waals surface area contributed by atoms with Crippen molar-refractivity contribution >= 4 is 34.7 Å². The van der Waals surface area contributed by atoms with Gasteiger partial charge < -0.3 is 12.5 Å². The van der Waals surface area contributed by atoms with Crippen LogP contribution in [0.15, 0.2) is 48.5 Å². The van der Waals surface area contributed by atoms with Crippen LogP contribution in [-0.2, 0) is 19.6 Å². The molecule has 4 rings (SSSR count). The van der Waals surface area contributed by atoms with Crippen molar-refractivity contribution in [2.24, 2.45) is 0 Å². The summed E-state index contributed by atoms with van der Waals surface area (Å²) >= 11 is 6.26. The quantitative estimate of drug-likeness (QED) is 0.395. The van der Waals surface area contributed by atoms with Gasteiger partial charge in [0.25, 0.3) is 0 Å². The molecule has 2 aromatic carbocycles. The van der Waals surface area contributed by atoms with Crippen LogP contribution in [-0.4, -0.2) is 58.3 Å². The van der Waals surface area contributed by atoms with Crippen molar-refractivity contribution < 1.29 is 7.96 Å². The van der Waals surface area contributed by atoms with E-state index in [0.717, 1.165) is 47.3 Å². The van der Waals surface area contributed by atoms with Gasteiger partial charge in [0, 0.05) is 18.5 Å². The Kier molecular flexibility index (Phi) is 8.19. The van der Waals surface area contributed by atoms with Crippen molar-refractivity contribution in [3.63, 3.8) is 0 Å². The molecular weight excluding hydrogens is 424 g/mol. The Morgan fingerprint density at radius 2 is 1.84 bits per heavy atom. The number of tetrazole rings is 1. The van der Waals surface area contributed by atoms with E-state index in [2.05, 4.69) is 56.8 Å². The molecule has 0 aliphatic heterocycles. The van der Waals surface area contributed by atoms with E-state index in [9.17, 15) is 5.11 Å². The predicted molar refractivity (Wildman–Crippen MR) is 124 cm³/mol. The second kappa shape index (κ2) is 10.9. The second-order valence-electron chi connectivity index (χ2n) is 7.09. The summed E-state index contributed by atoms with van der Waals surface area (Å²) in [6.45, 7) is 2.63. The third-order valence-electron chi connectivity index (χ3n) is 5.13. The third-order valence-corrected chi connectivity index (χ3v) is 5.43. The Balaban J connectivity index is 0.00000181. The van der Waals surface area contributed by atoms with E-state index < -0.39 is 0 Å². The maximum atomic E-state index is 9.77. The van der Waals surface area contributed by atoms with Gasteiger partial charge in [-0.1, -0.05) is 73.5 Å². The molecule has 0 saturated heterocycles. The molecular formula is C22H25ClMgN6O. The first-order chi connectivity index (χ1) is 14.7. The summed E-state index contributed by atoms with van der Waals surface area (Å²) in [4.78, 5) is 4.47. The smallest absolute Gasteiger partial charge is 1.00 e. The number of rotatable bonds is 8. The summed E-state index contributed by atoms with van der Waals surface area (Å²) in [5.74, 6) is 1.48. The van der Waals surface area contributed by atoms with E-state index in [1.165, 1.54) is 0 Å². The maximum Gasteiger partial charge on any atom is 2.00 e. The molecule has 4 aromatic rings. The molecule has 158 valence electrons. The van der Waals surface area contributed by atoms with E-state index >= 15 is 0 Å². The largest absolute Gasteiger partial charge is 2.00 e. The molecule has 0 fully saturated rings. The minimum atomic E-state index is -0.131. The van der Waals surface area contributed by atoms with Crippen LogP contribution in [0.1, 0.15) is 39.7 Å². The molecule has 0 aliphatic rings. The fourth-order valence-electron chi connectivity index (χ4n) is 3.55. The van der Waals surface area contributed by atoms with Crippen molar-refractivity contribution in [2.45, 2.75) is 39.3 Å². The number of halogens is 1. The van der Waals surface area contributed by atoms with E-state index in [1.807, 2.05) is 28.8 Å². The van der Waals surface area contributed by atoms with Gasteiger partial charge in [0.15, 0.2) is 5.15 Å². The van der Waals surface area contributed by atoms with Crippen LogP contribution in [0.25, 0.3) is 22.5 Å². The number of nitrogens with one attached hydrogen (secondary N) is 1. The zero-order valence-electron chi connectivity index (χ0n) is 19.4. The van der Waals surface area contributed by atoms with Crippen LogP contribution in [0, 0.1) is 0 Å². The first-order valence-electron chi connectivity index (χ1n) is 9.98. The van der Waals surface area contributed by atoms with Crippen LogP contribution >= 0.6 is 11.6 Å². The Labute approximate surface area is 205 Å². The molecule has 2 aromatic heterocycles. The molecule has 31 heavy (non-hydrogen) atoms. The standard InChI is InChI=1S/C22H23ClN6O.Mg.2H/c1-2-3-8-20-24-21(23)19(14-30)29(20)13-15-9-11-16(12-10-15)17-6-4-5-7-18(17)22-25-27-28-26-22;;;/h4-7,9-12,30H,2-3,8,13-14H2,1H3,(H,25,26,27,28);;;/q;+2;2*-1. The summed E-state index contributed by atoms with van der Waals surface area (Å²) in [5.41, 5.74) is 4.80. The molecule has 0 amide bonds. The van der Waals surface area contributed by atoms with Crippen LogP contribution < -0.4 is 0 Å². The molecule has 0 saturated carbocycles. The Hall–Kier alpha value is -2.26. The molecule has 2 heterocycles. The minimum absolute atomic E-state index is 0. The van der Waals surface area contributed by atoms with E-state index in [-0.39, 0.29) is 32.5 Å². The predicted octanol–water partition coefficient (Wildman–Crippen LogP) is 4.11. The number of aliphatic hydroxyl groups excluding tert-OH is 1. The van der Waals surface area contributed by atoms with Gasteiger partial charge in [-0.15, -0.1) is 10.2 Å². The Morgan fingerprint density at radius 1 is 1.10 bits per heavy atom. The number of hydrogen-bond acceptors (Lipinski definition) is 5. The number of nitrogens with zero attached hydrogens (tertiary/aromatic N) is 5. The van der Waals surface area contributed by atoms with Gasteiger partial charge in [-0.05, 0) is 28.3 Å². The molecule has 0 unspecified atom stereocenters. The average Bonchev–Trinajstić information content (AvgIpc) is 3.41. The third kappa shape index (κ3) is 5.15. The number of aromatic nitrogens is 6. The van der Waals surface area contributed by atoms with Gasteiger partial charge in [0.05, 0.1) is 12.3 Å². The van der Waals surface area contributed by atoms with Crippen LogP contribution in [0.5, 0.6) is 0 Å². The zero-order chi connectivity index (χ0) is 20.9. The SMILES string of the molecule is CCCCc1nc(Cl)c(CO)n1Cc1ccc(-c2ccccc2-c2nn[nH]n2)cc1.[H-].[H-].[Mg+2]. The second-order valence-corrected chi connectivity index (χ2v) is 7.45. The van der Waals surface area contributed by atoms with Gasteiger partial charge in [-0.3, -0.25) is 0 Å². The Bertz CT molecular complexity index is 1120. The van der Waals surface area contributed by atoms with Crippen molar-refractivity contribution in [1.29, 1.82) is 0 Å². The van der Waals surface area contributed by atoms with Crippen LogP contribution in [0.4, 0.5) is 0 Å². The summed E-state index contributed by atoms with van der Waals surface area (Å²) in [7, 11) is 0. The molecule has 0 aliphatic carbocycles. The number of H-pyrrole nitrogens is 1. The average molecular weight is 449 g/mol. The van der Waals surface area contributed by atoms with E-state index in [4.69, 9.17) is 11.6 Å². The zero-order valence-corrected chi connectivity index (χ0v) is 19.6. The van der Waals surface area contributed by atoms with Crippen molar-refractivity contribution in [3.8, 4) is 22.5 Å². The van der Waals surface area contributed by atoms with E-state index in [1.54, 1.807) is 0 Å². The van der Waals surface area contributed by atoms with Gasteiger partial charge in [-0.2, -0.15) is 5.21 Å². The Morgan fingerprint density at radius 3 is 2.48 bits per heavy atom. The monoisotopic (exact) mass is 448 g/mol. The fourth-order valence-corrected chi connectivity index (χ4v) is 3.81. The van der Waals surface area contributed by atoms with Crippen molar-refractivity contribution in [3.05, 3.63) is 70.8 Å². The number of imidazole rings is 1. The number of unbranched alkanes of at least 4 members (excludes halogenated alkanes) is 1. The normalized spacial score (nSPS) is 10.8. The summed E-state index contributed by atoms with van der Waals surface area (Å²) in [6, 6.07) is 16.3. The first-order valence-corrected chi connectivity index (χ1v) is 10.4. The summed E-state index contributed by atoms with van der Waals surface area (Å²) in [6.07, 6.45) is 2.95. The molecule has 0 spiro atoms. The maximum absolute atomic E-state index is 9.77. The van der Waals surface area contributed by atoms with Gasteiger partial charge in [0.2, 0.25) is 5.82 Å². The van der Waals surface area contributed by atoms with Gasteiger partial charge in [0.1, 0.15) is 5.82 Å². The number of hydrogen-bond donors (Lipinski definition) is 2.